The van der Waals surface area contributed by atoms with Crippen LogP contribution >= 0.6 is 11.6 Å². The van der Waals surface area contributed by atoms with Gasteiger partial charge in [0, 0.05) is 30.3 Å². The first-order chi connectivity index (χ1) is 10.3. The molecule has 1 saturated heterocycles. The predicted octanol–water partition coefficient (Wildman–Crippen LogP) is 3.38. The van der Waals surface area contributed by atoms with E-state index < -0.39 is 0 Å². The van der Waals surface area contributed by atoms with Crippen molar-refractivity contribution in [3.63, 3.8) is 0 Å². The zero-order chi connectivity index (χ0) is 14.7. The Balaban J connectivity index is 1.79. The number of rotatable bonds is 2. The van der Waals surface area contributed by atoms with E-state index in [4.69, 9.17) is 22.2 Å². The van der Waals surface area contributed by atoms with Gasteiger partial charge in [-0.15, -0.1) is 0 Å². The van der Waals surface area contributed by atoms with Crippen LogP contribution in [-0.2, 0) is 0 Å². The molecule has 0 N–H and O–H groups in total. The Labute approximate surface area is 129 Å². The highest BCUT2D eigenvalue weighted by Crippen LogP contribution is 2.25. The van der Waals surface area contributed by atoms with Crippen LogP contribution in [0.2, 0.25) is 5.02 Å². The molecule has 0 amide bonds. The molecule has 0 bridgehead atoms. The van der Waals surface area contributed by atoms with Crippen LogP contribution in [-0.4, -0.2) is 19.6 Å². The van der Waals surface area contributed by atoms with E-state index in [1.165, 1.54) is 0 Å². The second-order valence-corrected chi connectivity index (χ2v) is 5.52. The van der Waals surface area contributed by atoms with E-state index in [2.05, 4.69) is 11.0 Å². The summed E-state index contributed by atoms with van der Waals surface area (Å²) in [6.07, 6.45) is 0. The van der Waals surface area contributed by atoms with Gasteiger partial charge in [-0.25, -0.2) is 5.32 Å². The highest BCUT2D eigenvalue weighted by molar-refractivity contribution is 6.30. The van der Waals surface area contributed by atoms with Crippen LogP contribution in [0.1, 0.15) is 17.2 Å². The largest absolute Gasteiger partial charge is 0.368 e. The van der Waals surface area contributed by atoms with E-state index in [0.29, 0.717) is 5.56 Å². The second-order valence-electron chi connectivity index (χ2n) is 5.08. The number of nitrogens with zero attached hydrogens (tertiary/aromatic N) is 3. The normalized spacial score (nSPS) is 18.3. The molecule has 0 spiro atoms. The maximum absolute atomic E-state index is 9.01. The summed E-state index contributed by atoms with van der Waals surface area (Å²) >= 11 is 5.94. The molecular weight excluding hydrogens is 282 g/mol. The fraction of sp³-hybridized carbons (Fsp3) is 0.235. The number of piperazine rings is 1. The molecule has 1 radical (unpaired) electrons. The molecule has 1 atom stereocenters. The quantitative estimate of drug-likeness (QED) is 0.852. The average Bonchev–Trinajstić information content (AvgIpc) is 2.56. The van der Waals surface area contributed by atoms with E-state index in [1.54, 1.807) is 0 Å². The van der Waals surface area contributed by atoms with E-state index >= 15 is 0 Å². The fourth-order valence-corrected chi connectivity index (χ4v) is 2.73. The molecule has 1 aliphatic rings. The smallest absolute Gasteiger partial charge is 0.0991 e. The SMILES string of the molecule is N#Cc1cccc(C2CN(c3ccc(Cl)cc3)CC[N]2)c1. The van der Waals surface area contributed by atoms with Crippen molar-refractivity contribution in [3.05, 3.63) is 64.7 Å². The molecule has 1 fully saturated rings. The van der Waals surface area contributed by atoms with E-state index in [0.717, 1.165) is 35.9 Å². The van der Waals surface area contributed by atoms with Crippen LogP contribution in [0.3, 0.4) is 0 Å². The molecule has 0 saturated carbocycles. The van der Waals surface area contributed by atoms with Gasteiger partial charge in [-0.1, -0.05) is 23.7 Å². The number of benzene rings is 2. The minimum Gasteiger partial charge on any atom is -0.368 e. The maximum Gasteiger partial charge on any atom is 0.0991 e. The van der Waals surface area contributed by atoms with Gasteiger partial charge in [0.1, 0.15) is 0 Å². The van der Waals surface area contributed by atoms with Gasteiger partial charge in [-0.05, 0) is 42.0 Å². The first-order valence-electron chi connectivity index (χ1n) is 6.93. The highest BCUT2D eigenvalue weighted by atomic mass is 35.5. The lowest BCUT2D eigenvalue weighted by Gasteiger charge is -2.34. The van der Waals surface area contributed by atoms with Gasteiger partial charge in [0.05, 0.1) is 17.7 Å². The van der Waals surface area contributed by atoms with Gasteiger partial charge < -0.3 is 4.90 Å². The Morgan fingerprint density at radius 2 is 2.00 bits per heavy atom. The summed E-state index contributed by atoms with van der Waals surface area (Å²) in [6.45, 7) is 2.54. The van der Waals surface area contributed by atoms with Crippen LogP contribution in [0.25, 0.3) is 0 Å². The Bertz CT molecular complexity index is 660. The molecule has 4 heteroatoms. The summed E-state index contributed by atoms with van der Waals surface area (Å²) in [4.78, 5) is 2.31. The molecule has 0 aromatic heterocycles. The van der Waals surface area contributed by atoms with E-state index in [-0.39, 0.29) is 6.04 Å². The van der Waals surface area contributed by atoms with E-state index in [9.17, 15) is 0 Å². The molecule has 2 aromatic carbocycles. The molecule has 3 rings (SSSR count). The van der Waals surface area contributed by atoms with Gasteiger partial charge in [-0.3, -0.25) is 0 Å². The average molecular weight is 297 g/mol. The summed E-state index contributed by atoms with van der Waals surface area (Å²) in [5.74, 6) is 0. The first kappa shape index (κ1) is 13.9. The van der Waals surface area contributed by atoms with Crippen LogP contribution in [0.5, 0.6) is 0 Å². The monoisotopic (exact) mass is 296 g/mol. The molecule has 105 valence electrons. The van der Waals surface area contributed by atoms with Crippen molar-refractivity contribution >= 4 is 17.3 Å². The Kier molecular flexibility index (Phi) is 4.10. The molecule has 1 aliphatic heterocycles. The molecular formula is C17H15ClN3. The zero-order valence-corrected chi connectivity index (χ0v) is 12.3. The third kappa shape index (κ3) is 3.18. The number of hydrogen-bond donors (Lipinski definition) is 0. The zero-order valence-electron chi connectivity index (χ0n) is 11.5. The number of halogens is 1. The number of anilines is 1. The summed E-state index contributed by atoms with van der Waals surface area (Å²) in [5.41, 5.74) is 2.95. The third-order valence-electron chi connectivity index (χ3n) is 3.71. The molecule has 1 unspecified atom stereocenters. The first-order valence-corrected chi connectivity index (χ1v) is 7.31. The molecule has 1 heterocycles. The second kappa shape index (κ2) is 6.17. The van der Waals surface area contributed by atoms with Crippen molar-refractivity contribution in [1.29, 1.82) is 5.26 Å². The van der Waals surface area contributed by atoms with Crippen molar-refractivity contribution in [2.24, 2.45) is 0 Å². The highest BCUT2D eigenvalue weighted by Gasteiger charge is 2.22. The lowest BCUT2D eigenvalue weighted by Crippen LogP contribution is -2.42. The number of hydrogen-bond acceptors (Lipinski definition) is 2. The lowest BCUT2D eigenvalue weighted by molar-refractivity contribution is 0.462. The maximum atomic E-state index is 9.01. The van der Waals surface area contributed by atoms with Crippen LogP contribution in [0.4, 0.5) is 5.69 Å². The summed E-state index contributed by atoms with van der Waals surface area (Å²) < 4.78 is 0. The minimum atomic E-state index is 0.114. The molecule has 3 nitrogen and oxygen atoms in total. The topological polar surface area (TPSA) is 41.1 Å². The number of nitriles is 1. The lowest BCUT2D eigenvalue weighted by atomic mass is 10.0. The van der Waals surface area contributed by atoms with Crippen LogP contribution in [0.15, 0.2) is 48.5 Å². The third-order valence-corrected chi connectivity index (χ3v) is 3.96. The Hall–Kier alpha value is -2.02. The van der Waals surface area contributed by atoms with E-state index in [1.807, 2.05) is 48.5 Å². The van der Waals surface area contributed by atoms with Gasteiger partial charge in [0.2, 0.25) is 0 Å². The molecule has 21 heavy (non-hydrogen) atoms. The van der Waals surface area contributed by atoms with Crippen molar-refractivity contribution in [1.82, 2.24) is 5.32 Å². The van der Waals surface area contributed by atoms with Crippen molar-refractivity contribution in [2.45, 2.75) is 6.04 Å². The van der Waals surface area contributed by atoms with Gasteiger partial charge in [-0.2, -0.15) is 5.26 Å². The van der Waals surface area contributed by atoms with Crippen LogP contribution < -0.4 is 10.2 Å². The molecule has 0 aliphatic carbocycles. The summed E-state index contributed by atoms with van der Waals surface area (Å²) in [5, 5.41) is 14.5. The van der Waals surface area contributed by atoms with Crippen molar-refractivity contribution < 1.29 is 0 Å². The van der Waals surface area contributed by atoms with Gasteiger partial charge in [0.15, 0.2) is 0 Å². The minimum absolute atomic E-state index is 0.114. The van der Waals surface area contributed by atoms with Crippen molar-refractivity contribution in [3.8, 4) is 6.07 Å². The van der Waals surface area contributed by atoms with Gasteiger partial charge >= 0.3 is 0 Å². The summed E-state index contributed by atoms with van der Waals surface area (Å²) in [6, 6.07) is 17.9. The summed E-state index contributed by atoms with van der Waals surface area (Å²) in [7, 11) is 0. The predicted molar refractivity (Wildman–Crippen MR) is 84.6 cm³/mol. The van der Waals surface area contributed by atoms with Crippen molar-refractivity contribution in [2.75, 3.05) is 24.5 Å². The Morgan fingerprint density at radius 1 is 1.19 bits per heavy atom. The standard InChI is InChI=1S/C17H15ClN3/c18-15-4-6-16(7-5-15)21-9-8-20-17(12-21)14-3-1-2-13(10-14)11-19/h1-7,10,17H,8-9,12H2. The fourth-order valence-electron chi connectivity index (χ4n) is 2.60. The van der Waals surface area contributed by atoms with Crippen LogP contribution in [0, 0.1) is 11.3 Å². The molecule has 2 aromatic rings. The Morgan fingerprint density at radius 3 is 2.76 bits per heavy atom. The van der Waals surface area contributed by atoms with Gasteiger partial charge in [0.25, 0.3) is 0 Å².